The maximum absolute atomic E-state index is 12.8. The molecule has 0 saturated heterocycles. The maximum atomic E-state index is 12.8. The zero-order chi connectivity index (χ0) is 15.6. The predicted molar refractivity (Wildman–Crippen MR) is 89.3 cm³/mol. The van der Waals surface area contributed by atoms with Crippen molar-refractivity contribution in [3.05, 3.63) is 64.1 Å². The fraction of sp³-hybridized carbons (Fsp3) is 0.235. The molecule has 0 atom stereocenters. The van der Waals surface area contributed by atoms with Crippen LogP contribution in [0.3, 0.4) is 0 Å². The molecule has 0 aliphatic carbocycles. The highest BCUT2D eigenvalue weighted by atomic mass is 35.5. The summed E-state index contributed by atoms with van der Waals surface area (Å²) in [6, 6.07) is 14.6. The number of anilines is 1. The van der Waals surface area contributed by atoms with Crippen molar-refractivity contribution in [2.24, 2.45) is 0 Å². The lowest BCUT2D eigenvalue weighted by molar-refractivity contribution is -0.122. The molecule has 1 amide bonds. The van der Waals surface area contributed by atoms with Crippen molar-refractivity contribution >= 4 is 34.8 Å². The van der Waals surface area contributed by atoms with Crippen molar-refractivity contribution in [2.45, 2.75) is 19.3 Å². The van der Waals surface area contributed by atoms with Crippen LogP contribution in [0, 0.1) is 0 Å². The fourth-order valence-corrected chi connectivity index (χ4v) is 2.52. The summed E-state index contributed by atoms with van der Waals surface area (Å²) in [5, 5.41) is 1.27. The van der Waals surface area contributed by atoms with Crippen molar-refractivity contribution in [3.63, 3.8) is 0 Å². The molecule has 0 bridgehead atoms. The summed E-state index contributed by atoms with van der Waals surface area (Å²) in [4.78, 5) is 14.4. The lowest BCUT2D eigenvalue weighted by Crippen LogP contribution is -2.41. The van der Waals surface area contributed by atoms with E-state index in [4.69, 9.17) is 23.2 Å². The first-order chi connectivity index (χ1) is 9.82. The van der Waals surface area contributed by atoms with Crippen LogP contribution in [0.1, 0.15) is 19.4 Å². The molecule has 2 aromatic rings. The summed E-state index contributed by atoms with van der Waals surface area (Å²) in [6.07, 6.45) is 0. The molecule has 0 aliphatic heterocycles. The molecule has 0 radical (unpaired) electrons. The van der Waals surface area contributed by atoms with Crippen LogP contribution in [0.2, 0.25) is 10.0 Å². The Bertz CT molecular complexity index is 650. The van der Waals surface area contributed by atoms with E-state index in [1.807, 2.05) is 44.2 Å². The van der Waals surface area contributed by atoms with Crippen LogP contribution < -0.4 is 4.90 Å². The molecule has 0 aromatic heterocycles. The normalized spacial score (nSPS) is 11.3. The van der Waals surface area contributed by atoms with Crippen molar-refractivity contribution < 1.29 is 4.79 Å². The van der Waals surface area contributed by atoms with E-state index in [9.17, 15) is 4.79 Å². The van der Waals surface area contributed by atoms with Crippen LogP contribution in [-0.4, -0.2) is 13.0 Å². The van der Waals surface area contributed by atoms with Gasteiger partial charge in [0.1, 0.15) is 0 Å². The first-order valence-corrected chi connectivity index (χ1v) is 7.38. The summed E-state index contributed by atoms with van der Waals surface area (Å²) in [7, 11) is 1.76. The smallest absolute Gasteiger partial charge is 0.236 e. The van der Waals surface area contributed by atoms with Gasteiger partial charge in [-0.3, -0.25) is 4.79 Å². The summed E-state index contributed by atoms with van der Waals surface area (Å²) >= 11 is 11.9. The average Bonchev–Trinajstić information content (AvgIpc) is 2.46. The Labute approximate surface area is 135 Å². The van der Waals surface area contributed by atoms with Gasteiger partial charge in [-0.15, -0.1) is 0 Å². The minimum Gasteiger partial charge on any atom is -0.315 e. The number of hydrogen-bond acceptors (Lipinski definition) is 1. The van der Waals surface area contributed by atoms with Gasteiger partial charge in [0.2, 0.25) is 5.91 Å². The molecule has 21 heavy (non-hydrogen) atoms. The van der Waals surface area contributed by atoms with Gasteiger partial charge in [-0.2, -0.15) is 0 Å². The molecule has 0 saturated carbocycles. The Hall–Kier alpha value is -1.51. The number of benzene rings is 2. The average molecular weight is 322 g/mol. The second-order valence-corrected chi connectivity index (χ2v) is 6.35. The molecular formula is C17H17Cl2NO. The van der Waals surface area contributed by atoms with E-state index in [-0.39, 0.29) is 5.91 Å². The first-order valence-electron chi connectivity index (χ1n) is 6.62. The van der Waals surface area contributed by atoms with Crippen LogP contribution in [0.5, 0.6) is 0 Å². The lowest BCUT2D eigenvalue weighted by Gasteiger charge is -2.30. The van der Waals surface area contributed by atoms with Gasteiger partial charge in [0.05, 0.1) is 5.41 Å². The molecule has 4 heteroatoms. The topological polar surface area (TPSA) is 20.3 Å². The fourth-order valence-electron chi connectivity index (χ4n) is 2.20. The SMILES string of the molecule is CN(C(=O)C(C)(C)c1cccc(Cl)c1)c1ccc(Cl)cc1. The third-order valence-corrected chi connectivity index (χ3v) is 4.09. The van der Waals surface area contributed by atoms with E-state index >= 15 is 0 Å². The van der Waals surface area contributed by atoms with E-state index in [2.05, 4.69) is 0 Å². The van der Waals surface area contributed by atoms with Crippen molar-refractivity contribution in [1.82, 2.24) is 0 Å². The standard InChI is InChI=1S/C17H17Cl2NO/c1-17(2,12-5-4-6-14(19)11-12)16(21)20(3)15-9-7-13(18)8-10-15/h4-11H,1-3H3. The van der Waals surface area contributed by atoms with Crippen LogP contribution >= 0.6 is 23.2 Å². The second-order valence-electron chi connectivity index (χ2n) is 5.48. The highest BCUT2D eigenvalue weighted by molar-refractivity contribution is 6.31. The van der Waals surface area contributed by atoms with Gasteiger partial charge in [0.25, 0.3) is 0 Å². The quantitative estimate of drug-likeness (QED) is 0.784. The number of carbonyl (C=O) groups is 1. The van der Waals surface area contributed by atoms with Gasteiger partial charge in [-0.05, 0) is 55.8 Å². The minimum absolute atomic E-state index is 0.00732. The summed E-state index contributed by atoms with van der Waals surface area (Å²) in [6.45, 7) is 3.79. The number of rotatable bonds is 3. The Morgan fingerprint density at radius 1 is 1.00 bits per heavy atom. The maximum Gasteiger partial charge on any atom is 0.236 e. The van der Waals surface area contributed by atoms with Crippen molar-refractivity contribution in [1.29, 1.82) is 0 Å². The lowest BCUT2D eigenvalue weighted by atomic mass is 9.83. The summed E-state index contributed by atoms with van der Waals surface area (Å²) in [5.41, 5.74) is 1.03. The Morgan fingerprint density at radius 3 is 2.19 bits per heavy atom. The number of carbonyl (C=O) groups excluding carboxylic acids is 1. The largest absolute Gasteiger partial charge is 0.315 e. The number of hydrogen-bond donors (Lipinski definition) is 0. The Balaban J connectivity index is 2.31. The highest BCUT2D eigenvalue weighted by Gasteiger charge is 2.33. The van der Waals surface area contributed by atoms with E-state index in [0.717, 1.165) is 11.3 Å². The number of amides is 1. The van der Waals surface area contributed by atoms with Gasteiger partial charge in [0.15, 0.2) is 0 Å². The molecule has 0 spiro atoms. The molecule has 0 aliphatic rings. The van der Waals surface area contributed by atoms with Crippen LogP contribution in [0.4, 0.5) is 5.69 Å². The van der Waals surface area contributed by atoms with Crippen molar-refractivity contribution in [3.8, 4) is 0 Å². The molecule has 2 nitrogen and oxygen atoms in total. The Kier molecular flexibility index (Phi) is 4.60. The first kappa shape index (κ1) is 15.9. The number of halogens is 2. The molecule has 0 heterocycles. The molecule has 0 N–H and O–H groups in total. The molecule has 0 unspecified atom stereocenters. The third-order valence-electron chi connectivity index (χ3n) is 3.60. The molecular weight excluding hydrogens is 305 g/mol. The number of likely N-dealkylation sites (N-methyl/N-ethyl adjacent to an activating group) is 1. The number of nitrogens with zero attached hydrogens (tertiary/aromatic N) is 1. The summed E-state index contributed by atoms with van der Waals surface area (Å²) < 4.78 is 0. The predicted octanol–water partition coefficient (Wildman–Crippen LogP) is 4.93. The molecule has 2 rings (SSSR count). The van der Waals surface area contributed by atoms with Gasteiger partial charge in [-0.1, -0.05) is 35.3 Å². The van der Waals surface area contributed by atoms with Gasteiger partial charge >= 0.3 is 0 Å². The molecule has 0 fully saturated rings. The van der Waals surface area contributed by atoms with Gasteiger partial charge in [0, 0.05) is 22.8 Å². The van der Waals surface area contributed by atoms with Crippen molar-refractivity contribution in [2.75, 3.05) is 11.9 Å². The Morgan fingerprint density at radius 2 is 1.62 bits per heavy atom. The van der Waals surface area contributed by atoms with Gasteiger partial charge < -0.3 is 4.90 Å². The zero-order valence-electron chi connectivity index (χ0n) is 12.2. The third kappa shape index (κ3) is 3.39. The zero-order valence-corrected chi connectivity index (χ0v) is 13.7. The molecule has 2 aromatic carbocycles. The van der Waals surface area contributed by atoms with E-state index in [0.29, 0.717) is 10.0 Å². The van der Waals surface area contributed by atoms with Crippen LogP contribution in [0.25, 0.3) is 0 Å². The molecule has 110 valence electrons. The second kappa shape index (κ2) is 6.08. The van der Waals surface area contributed by atoms with E-state index < -0.39 is 5.41 Å². The van der Waals surface area contributed by atoms with Crippen LogP contribution in [-0.2, 0) is 10.2 Å². The van der Waals surface area contributed by atoms with E-state index in [1.165, 1.54) is 0 Å². The summed E-state index contributed by atoms with van der Waals surface area (Å²) in [5.74, 6) is -0.00732. The van der Waals surface area contributed by atoms with E-state index in [1.54, 1.807) is 30.1 Å². The monoisotopic (exact) mass is 321 g/mol. The van der Waals surface area contributed by atoms with Gasteiger partial charge in [-0.25, -0.2) is 0 Å². The van der Waals surface area contributed by atoms with Crippen LogP contribution in [0.15, 0.2) is 48.5 Å². The highest BCUT2D eigenvalue weighted by Crippen LogP contribution is 2.29. The minimum atomic E-state index is -0.667.